The topological polar surface area (TPSA) is 58.5 Å². The molecule has 1 atom stereocenters. The Bertz CT molecular complexity index is 408. The van der Waals surface area contributed by atoms with Crippen molar-refractivity contribution in [3.05, 3.63) is 15.9 Å². The van der Waals surface area contributed by atoms with Gasteiger partial charge in [-0.25, -0.2) is 9.97 Å². The van der Waals surface area contributed by atoms with E-state index in [4.69, 9.17) is 33.0 Å². The zero-order valence-electron chi connectivity index (χ0n) is 10.1. The molecule has 0 bridgehead atoms. The highest BCUT2D eigenvalue weighted by atomic mass is 35.5. The second-order valence-electron chi connectivity index (χ2n) is 4.17. The highest BCUT2D eigenvalue weighted by molar-refractivity contribution is 6.34. The highest BCUT2D eigenvalue weighted by Crippen LogP contribution is 2.26. The summed E-state index contributed by atoms with van der Waals surface area (Å²) < 4.78 is 5.36. The largest absolute Gasteiger partial charge is 0.396 e. The minimum Gasteiger partial charge on any atom is -0.396 e. The molecular weight excluding hydrogens is 277 g/mol. The Morgan fingerprint density at radius 2 is 2.06 bits per heavy atom. The van der Waals surface area contributed by atoms with Crippen molar-refractivity contribution in [1.82, 2.24) is 9.97 Å². The summed E-state index contributed by atoms with van der Waals surface area (Å²) in [5.74, 6) is 0.516. The number of ether oxygens (including phenoxy) is 1. The molecule has 1 saturated heterocycles. The standard InChI is InChI=1S/C11H15Cl2N3O2/c1-7-6-18-5-3-16(7)11-14-9(12)8(2-4-17)10(13)15-11/h7,17H,2-6H2,1H3/t7-/m1/s1. The van der Waals surface area contributed by atoms with Crippen LogP contribution in [-0.4, -0.2) is 47.5 Å². The van der Waals surface area contributed by atoms with Crippen molar-refractivity contribution >= 4 is 29.2 Å². The molecule has 5 nitrogen and oxygen atoms in total. The SMILES string of the molecule is C[C@@H]1COCCN1c1nc(Cl)c(CCO)c(Cl)n1. The molecule has 1 aliphatic rings. The van der Waals surface area contributed by atoms with Crippen LogP contribution >= 0.6 is 23.2 Å². The van der Waals surface area contributed by atoms with Gasteiger partial charge in [-0.15, -0.1) is 0 Å². The van der Waals surface area contributed by atoms with Crippen LogP contribution in [0.1, 0.15) is 12.5 Å². The first-order valence-electron chi connectivity index (χ1n) is 5.80. The molecule has 1 aromatic heterocycles. The zero-order valence-corrected chi connectivity index (χ0v) is 11.6. The van der Waals surface area contributed by atoms with E-state index in [-0.39, 0.29) is 12.6 Å². The molecule has 1 N–H and O–H groups in total. The summed E-state index contributed by atoms with van der Waals surface area (Å²) in [6.07, 6.45) is 0.358. The van der Waals surface area contributed by atoms with Crippen LogP contribution in [0.15, 0.2) is 0 Å². The lowest BCUT2D eigenvalue weighted by Crippen LogP contribution is -2.44. The van der Waals surface area contributed by atoms with Gasteiger partial charge < -0.3 is 14.7 Å². The lowest BCUT2D eigenvalue weighted by Gasteiger charge is -2.33. The van der Waals surface area contributed by atoms with E-state index < -0.39 is 0 Å². The number of anilines is 1. The molecular formula is C11H15Cl2N3O2. The number of aromatic nitrogens is 2. The van der Waals surface area contributed by atoms with Gasteiger partial charge in [-0.3, -0.25) is 0 Å². The summed E-state index contributed by atoms with van der Waals surface area (Å²) in [5.41, 5.74) is 0.588. The summed E-state index contributed by atoms with van der Waals surface area (Å²) in [5, 5.41) is 9.54. The van der Waals surface area contributed by atoms with Crippen molar-refractivity contribution in [3.8, 4) is 0 Å². The third-order valence-corrected chi connectivity index (χ3v) is 3.51. The predicted octanol–water partition coefficient (Wildman–Crippen LogP) is 1.54. The van der Waals surface area contributed by atoms with Crippen LogP contribution in [0.25, 0.3) is 0 Å². The molecule has 0 saturated carbocycles. The van der Waals surface area contributed by atoms with E-state index in [1.54, 1.807) is 0 Å². The Balaban J connectivity index is 2.29. The van der Waals surface area contributed by atoms with Crippen LogP contribution in [-0.2, 0) is 11.2 Å². The van der Waals surface area contributed by atoms with E-state index in [2.05, 4.69) is 9.97 Å². The molecule has 0 aliphatic carbocycles. The van der Waals surface area contributed by atoms with Crippen molar-refractivity contribution in [2.45, 2.75) is 19.4 Å². The van der Waals surface area contributed by atoms with E-state index in [1.807, 2.05) is 11.8 Å². The lowest BCUT2D eigenvalue weighted by atomic mass is 10.2. The fourth-order valence-corrected chi connectivity index (χ4v) is 2.46. The maximum atomic E-state index is 8.93. The number of aliphatic hydroxyl groups excluding tert-OH is 1. The van der Waals surface area contributed by atoms with Crippen LogP contribution in [0.2, 0.25) is 10.3 Å². The molecule has 0 amide bonds. The monoisotopic (exact) mass is 291 g/mol. The predicted molar refractivity (Wildman–Crippen MR) is 70.5 cm³/mol. The summed E-state index contributed by atoms with van der Waals surface area (Å²) in [6, 6.07) is 0.189. The first-order chi connectivity index (χ1) is 8.63. The molecule has 1 fully saturated rings. The number of aliphatic hydroxyl groups is 1. The summed E-state index contributed by atoms with van der Waals surface area (Å²) in [4.78, 5) is 10.5. The third-order valence-electron chi connectivity index (χ3n) is 2.88. The highest BCUT2D eigenvalue weighted by Gasteiger charge is 2.23. The Kier molecular flexibility index (Phi) is 4.61. The first kappa shape index (κ1) is 13.8. The van der Waals surface area contributed by atoms with E-state index in [0.29, 0.717) is 48.0 Å². The number of hydrogen-bond donors (Lipinski definition) is 1. The van der Waals surface area contributed by atoms with Crippen molar-refractivity contribution < 1.29 is 9.84 Å². The van der Waals surface area contributed by atoms with Gasteiger partial charge in [-0.1, -0.05) is 23.2 Å². The maximum Gasteiger partial charge on any atom is 0.228 e. The molecule has 0 spiro atoms. The quantitative estimate of drug-likeness (QED) is 0.856. The smallest absolute Gasteiger partial charge is 0.228 e. The molecule has 0 aromatic carbocycles. The van der Waals surface area contributed by atoms with E-state index >= 15 is 0 Å². The van der Waals surface area contributed by atoms with Gasteiger partial charge >= 0.3 is 0 Å². The average Bonchev–Trinajstić information content (AvgIpc) is 2.34. The fourth-order valence-electron chi connectivity index (χ4n) is 1.89. The summed E-state index contributed by atoms with van der Waals surface area (Å²) in [7, 11) is 0. The van der Waals surface area contributed by atoms with Crippen molar-refractivity contribution in [1.29, 1.82) is 0 Å². The van der Waals surface area contributed by atoms with E-state index in [9.17, 15) is 0 Å². The van der Waals surface area contributed by atoms with Gasteiger partial charge in [-0.2, -0.15) is 0 Å². The molecule has 0 unspecified atom stereocenters. The maximum absolute atomic E-state index is 8.93. The third kappa shape index (κ3) is 2.85. The second-order valence-corrected chi connectivity index (χ2v) is 4.89. The molecule has 1 aliphatic heterocycles. The Hall–Kier alpha value is -0.620. The molecule has 18 heavy (non-hydrogen) atoms. The molecule has 2 rings (SSSR count). The van der Waals surface area contributed by atoms with Gasteiger partial charge in [0.25, 0.3) is 0 Å². The van der Waals surface area contributed by atoms with Crippen molar-refractivity contribution in [3.63, 3.8) is 0 Å². The van der Waals surface area contributed by atoms with Gasteiger partial charge in [0.2, 0.25) is 5.95 Å². The van der Waals surface area contributed by atoms with Gasteiger partial charge in [0.15, 0.2) is 0 Å². The van der Waals surface area contributed by atoms with Crippen molar-refractivity contribution in [2.75, 3.05) is 31.3 Å². The van der Waals surface area contributed by atoms with Gasteiger partial charge in [0.05, 0.1) is 19.3 Å². The summed E-state index contributed by atoms with van der Waals surface area (Å²) >= 11 is 12.2. The second kappa shape index (κ2) is 6.02. The number of morpholine rings is 1. The molecule has 1 aromatic rings. The van der Waals surface area contributed by atoms with E-state index in [1.165, 1.54) is 0 Å². The number of halogens is 2. The first-order valence-corrected chi connectivity index (χ1v) is 6.56. The van der Waals surface area contributed by atoms with Crippen LogP contribution in [0.3, 0.4) is 0 Å². The zero-order chi connectivity index (χ0) is 13.1. The lowest BCUT2D eigenvalue weighted by molar-refractivity contribution is 0.0981. The summed E-state index contributed by atoms with van der Waals surface area (Å²) in [6.45, 7) is 3.99. The normalized spacial score (nSPS) is 20.2. The molecule has 0 radical (unpaired) electrons. The Morgan fingerprint density at radius 1 is 1.39 bits per heavy atom. The van der Waals surface area contributed by atoms with Crippen molar-refractivity contribution in [2.24, 2.45) is 0 Å². The van der Waals surface area contributed by atoms with Crippen LogP contribution in [0, 0.1) is 0 Å². The number of hydrogen-bond acceptors (Lipinski definition) is 5. The van der Waals surface area contributed by atoms with E-state index in [0.717, 1.165) is 0 Å². The van der Waals surface area contributed by atoms with Gasteiger partial charge in [0.1, 0.15) is 10.3 Å². The molecule has 100 valence electrons. The Morgan fingerprint density at radius 3 is 2.61 bits per heavy atom. The molecule has 7 heteroatoms. The van der Waals surface area contributed by atoms with Gasteiger partial charge in [-0.05, 0) is 6.92 Å². The Labute approximate surface area is 116 Å². The van der Waals surface area contributed by atoms with Crippen LogP contribution < -0.4 is 4.90 Å². The minimum atomic E-state index is -0.0316. The number of rotatable bonds is 3. The van der Waals surface area contributed by atoms with Crippen LogP contribution in [0.4, 0.5) is 5.95 Å². The van der Waals surface area contributed by atoms with Crippen LogP contribution in [0.5, 0.6) is 0 Å². The number of nitrogens with zero attached hydrogens (tertiary/aromatic N) is 3. The molecule has 2 heterocycles. The fraction of sp³-hybridized carbons (Fsp3) is 0.636. The average molecular weight is 292 g/mol. The van der Waals surface area contributed by atoms with Gasteiger partial charge in [0, 0.05) is 25.1 Å². The minimum absolute atomic E-state index is 0.0316.